The Kier molecular flexibility index (Phi) is 2.75. The molecule has 0 aliphatic rings. The van der Waals surface area contributed by atoms with Crippen molar-refractivity contribution in [3.8, 4) is 0 Å². The number of nitrogens with zero attached hydrogens (tertiary/aromatic N) is 1. The smallest absolute Gasteiger partial charge is 0.316 e. The van der Waals surface area contributed by atoms with E-state index in [2.05, 4.69) is 4.98 Å². The first-order chi connectivity index (χ1) is 6.32. The van der Waals surface area contributed by atoms with Gasteiger partial charge in [-0.15, -0.1) is 0 Å². The summed E-state index contributed by atoms with van der Waals surface area (Å²) in [6, 6.07) is -1.07. The van der Waals surface area contributed by atoms with E-state index >= 15 is 0 Å². The van der Waals surface area contributed by atoms with Crippen molar-refractivity contribution in [3.63, 3.8) is 0 Å². The number of nitrogens with two attached hydrogens (primary N) is 1. The molecule has 1 unspecified atom stereocenters. The Balaban J connectivity index is 3.03. The van der Waals surface area contributed by atoms with Crippen LogP contribution in [0.2, 0.25) is 0 Å². The molecule has 0 radical (unpaired) electrons. The van der Waals surface area contributed by atoms with Gasteiger partial charge in [-0.1, -0.05) is 0 Å². The lowest BCUT2D eigenvalue weighted by atomic mass is 10.1. The number of rotatable bonds is 1. The van der Waals surface area contributed by atoms with Crippen molar-refractivity contribution < 1.29 is 17.6 Å². The fourth-order valence-corrected chi connectivity index (χ4v) is 0.939. The average molecular weight is 208 g/mol. The van der Waals surface area contributed by atoms with Gasteiger partial charge in [0.25, 0.3) is 0 Å². The summed E-state index contributed by atoms with van der Waals surface area (Å²) in [5.74, 6) is -0.789. The number of alkyl halides is 3. The summed E-state index contributed by atoms with van der Waals surface area (Å²) in [5, 5.41) is 0. The first-order valence-corrected chi connectivity index (χ1v) is 3.76. The second-order valence-corrected chi connectivity index (χ2v) is 2.90. The van der Waals surface area contributed by atoms with Crippen LogP contribution in [-0.4, -0.2) is 11.2 Å². The molecule has 1 atom stereocenters. The van der Waals surface area contributed by atoms with Crippen LogP contribution in [0.3, 0.4) is 0 Å². The third kappa shape index (κ3) is 2.20. The maximum atomic E-state index is 12.6. The molecule has 0 amide bonds. The van der Waals surface area contributed by atoms with E-state index in [9.17, 15) is 17.6 Å². The van der Waals surface area contributed by atoms with Crippen LogP contribution >= 0.6 is 0 Å². The minimum absolute atomic E-state index is 0.0437. The Hall–Kier alpha value is -1.17. The summed E-state index contributed by atoms with van der Waals surface area (Å²) in [4.78, 5) is 3.17. The minimum atomic E-state index is -4.54. The van der Waals surface area contributed by atoms with E-state index in [-0.39, 0.29) is 11.1 Å². The molecule has 0 fully saturated rings. The van der Waals surface area contributed by atoms with Gasteiger partial charge in [0.2, 0.25) is 5.95 Å². The molecule has 0 saturated heterocycles. The van der Waals surface area contributed by atoms with Gasteiger partial charge in [-0.05, 0) is 18.6 Å². The number of pyridine rings is 1. The first-order valence-electron chi connectivity index (χ1n) is 3.76. The van der Waals surface area contributed by atoms with Crippen LogP contribution in [0.25, 0.3) is 0 Å². The Morgan fingerprint density at radius 1 is 1.43 bits per heavy atom. The molecule has 2 nitrogen and oxygen atoms in total. The van der Waals surface area contributed by atoms with E-state index in [1.54, 1.807) is 0 Å². The predicted molar refractivity (Wildman–Crippen MR) is 41.9 cm³/mol. The molecule has 78 valence electrons. The Labute approximate surface area is 77.7 Å². The van der Waals surface area contributed by atoms with Gasteiger partial charge in [0.1, 0.15) is 6.04 Å². The monoisotopic (exact) mass is 208 g/mol. The zero-order chi connectivity index (χ0) is 10.9. The van der Waals surface area contributed by atoms with E-state index in [1.807, 2.05) is 0 Å². The summed E-state index contributed by atoms with van der Waals surface area (Å²) >= 11 is 0. The summed E-state index contributed by atoms with van der Waals surface area (Å²) in [7, 11) is 0. The largest absolute Gasteiger partial charge is 0.407 e. The van der Waals surface area contributed by atoms with Crippen LogP contribution in [0, 0.1) is 12.9 Å². The van der Waals surface area contributed by atoms with Crippen LogP contribution in [-0.2, 0) is 0 Å². The zero-order valence-electron chi connectivity index (χ0n) is 7.27. The highest BCUT2D eigenvalue weighted by Crippen LogP contribution is 2.30. The maximum Gasteiger partial charge on any atom is 0.407 e. The Morgan fingerprint density at radius 2 is 2.00 bits per heavy atom. The highest BCUT2D eigenvalue weighted by atomic mass is 19.4. The van der Waals surface area contributed by atoms with Crippen molar-refractivity contribution in [1.29, 1.82) is 0 Å². The fourth-order valence-electron chi connectivity index (χ4n) is 0.939. The molecular formula is C8H8F4N2. The molecule has 0 aliphatic heterocycles. The topological polar surface area (TPSA) is 38.9 Å². The molecule has 0 aliphatic carbocycles. The minimum Gasteiger partial charge on any atom is -0.316 e. The first kappa shape index (κ1) is 10.9. The van der Waals surface area contributed by atoms with Crippen LogP contribution in [0.1, 0.15) is 17.2 Å². The Morgan fingerprint density at radius 3 is 2.43 bits per heavy atom. The van der Waals surface area contributed by atoms with Gasteiger partial charge in [-0.25, -0.2) is 4.98 Å². The third-order valence-corrected chi connectivity index (χ3v) is 1.75. The van der Waals surface area contributed by atoms with Crippen molar-refractivity contribution in [3.05, 3.63) is 29.3 Å². The number of hydrogen-bond acceptors (Lipinski definition) is 2. The normalized spacial score (nSPS) is 14.1. The molecule has 1 rings (SSSR count). The highest BCUT2D eigenvalue weighted by molar-refractivity contribution is 5.21. The van der Waals surface area contributed by atoms with E-state index in [4.69, 9.17) is 5.73 Å². The van der Waals surface area contributed by atoms with E-state index in [1.165, 1.54) is 6.92 Å². The van der Waals surface area contributed by atoms with Crippen LogP contribution in [0.4, 0.5) is 17.6 Å². The third-order valence-electron chi connectivity index (χ3n) is 1.75. The molecule has 0 bridgehead atoms. The number of halogens is 4. The summed E-state index contributed by atoms with van der Waals surface area (Å²) in [5.41, 5.74) is 4.71. The molecule has 14 heavy (non-hydrogen) atoms. The van der Waals surface area contributed by atoms with Crippen molar-refractivity contribution in [2.75, 3.05) is 0 Å². The van der Waals surface area contributed by atoms with Gasteiger partial charge in [-0.3, -0.25) is 0 Å². The average Bonchev–Trinajstić information content (AvgIpc) is 2.07. The summed E-state index contributed by atoms with van der Waals surface area (Å²) in [6.45, 7) is 1.33. The van der Waals surface area contributed by atoms with Gasteiger partial charge >= 0.3 is 6.18 Å². The lowest BCUT2D eigenvalue weighted by Crippen LogP contribution is -2.28. The predicted octanol–water partition coefficient (Wildman–Crippen LogP) is 2.09. The molecule has 0 aromatic carbocycles. The van der Waals surface area contributed by atoms with Crippen LogP contribution < -0.4 is 5.73 Å². The van der Waals surface area contributed by atoms with Crippen LogP contribution in [0.5, 0.6) is 0 Å². The molecule has 0 saturated carbocycles. The van der Waals surface area contributed by atoms with Gasteiger partial charge in [0, 0.05) is 11.8 Å². The molecule has 2 N–H and O–H groups in total. The van der Waals surface area contributed by atoms with Crippen molar-refractivity contribution in [2.45, 2.75) is 19.1 Å². The molecule has 6 heteroatoms. The van der Waals surface area contributed by atoms with Gasteiger partial charge in [-0.2, -0.15) is 17.6 Å². The van der Waals surface area contributed by atoms with Crippen molar-refractivity contribution in [1.82, 2.24) is 4.98 Å². The highest BCUT2D eigenvalue weighted by Gasteiger charge is 2.38. The molecule has 1 heterocycles. The van der Waals surface area contributed by atoms with Gasteiger partial charge < -0.3 is 5.73 Å². The van der Waals surface area contributed by atoms with Gasteiger partial charge in [0.05, 0.1) is 0 Å². The second kappa shape index (κ2) is 3.53. The number of hydrogen-bond donors (Lipinski definition) is 1. The molecule has 1 aromatic rings. The van der Waals surface area contributed by atoms with Crippen molar-refractivity contribution in [2.24, 2.45) is 5.73 Å². The maximum absolute atomic E-state index is 12.6. The van der Waals surface area contributed by atoms with Crippen LogP contribution in [0.15, 0.2) is 12.3 Å². The van der Waals surface area contributed by atoms with E-state index < -0.39 is 18.2 Å². The Bertz CT molecular complexity index is 335. The number of aromatic nitrogens is 1. The molecule has 1 aromatic heterocycles. The molecular weight excluding hydrogens is 200 g/mol. The lowest BCUT2D eigenvalue weighted by Gasteiger charge is -2.15. The fraction of sp³-hybridized carbons (Fsp3) is 0.375. The number of aryl methyl sites for hydroxylation is 1. The lowest BCUT2D eigenvalue weighted by molar-refractivity contribution is -0.149. The summed E-state index contributed by atoms with van der Waals surface area (Å²) < 4.78 is 49.0. The van der Waals surface area contributed by atoms with Crippen molar-refractivity contribution >= 4 is 0 Å². The molecule has 0 spiro atoms. The SMILES string of the molecule is Cc1cc(C(N)C(F)(F)F)cnc1F. The van der Waals surface area contributed by atoms with Gasteiger partial charge in [0.15, 0.2) is 0 Å². The quantitative estimate of drug-likeness (QED) is 0.567. The van der Waals surface area contributed by atoms with E-state index in [0.717, 1.165) is 12.3 Å². The zero-order valence-corrected chi connectivity index (χ0v) is 7.27. The standard InChI is InChI=1S/C8H8F4N2/c1-4-2-5(3-14-7(4)9)6(13)8(10,11)12/h2-3,6H,13H2,1H3. The summed E-state index contributed by atoms with van der Waals surface area (Å²) in [6.07, 6.45) is -3.74. The van der Waals surface area contributed by atoms with E-state index in [0.29, 0.717) is 0 Å². The second-order valence-electron chi connectivity index (χ2n) is 2.90.